The van der Waals surface area contributed by atoms with Gasteiger partial charge in [0.15, 0.2) is 22.7 Å². The van der Waals surface area contributed by atoms with Crippen LogP contribution < -0.4 is 5.73 Å². The van der Waals surface area contributed by atoms with Crippen LogP contribution in [0.25, 0.3) is 11.2 Å². The molecule has 0 unspecified atom stereocenters. The van der Waals surface area contributed by atoms with E-state index in [9.17, 15) is 0 Å². The van der Waals surface area contributed by atoms with Crippen LogP contribution in [0.3, 0.4) is 0 Å². The third kappa shape index (κ3) is 4.13. The number of aromatic nitrogens is 4. The Bertz CT molecular complexity index is 1020. The second-order valence-electron chi connectivity index (χ2n) is 9.83. The largest absolute Gasteiger partial charge is 0.413 e. The van der Waals surface area contributed by atoms with Crippen molar-refractivity contribution in [3.63, 3.8) is 0 Å². The number of nitrogens with two attached hydrogens (primary N) is 1. The average molecular weight is 517 g/mol. The van der Waals surface area contributed by atoms with E-state index >= 15 is 4.39 Å². The van der Waals surface area contributed by atoms with Gasteiger partial charge in [0.25, 0.3) is 0 Å². The zero-order chi connectivity index (χ0) is 24.3. The first kappa shape index (κ1) is 25.0. The van der Waals surface area contributed by atoms with Crippen molar-refractivity contribution in [2.45, 2.75) is 89.2 Å². The highest BCUT2D eigenvalue weighted by atomic mass is 35.5. The molecule has 2 saturated heterocycles. The summed E-state index contributed by atoms with van der Waals surface area (Å²) in [5.74, 6) is -0.0261. The Hall–Kier alpha value is -1.16. The number of ether oxygens (including phenoxy) is 1. The summed E-state index contributed by atoms with van der Waals surface area (Å²) in [6.07, 6.45) is -1.12. The number of anilines is 1. The summed E-state index contributed by atoms with van der Waals surface area (Å²) in [7, 11) is -4.52. The molecule has 33 heavy (non-hydrogen) atoms. The topological polar surface area (TPSA) is 107 Å². The quantitative estimate of drug-likeness (QED) is 0.474. The van der Waals surface area contributed by atoms with E-state index in [1.54, 1.807) is 0 Å². The first-order valence-electron chi connectivity index (χ1n) is 11.2. The molecule has 4 heterocycles. The van der Waals surface area contributed by atoms with Gasteiger partial charge in [-0.1, -0.05) is 53.1 Å². The molecule has 4 atom stereocenters. The van der Waals surface area contributed by atoms with Gasteiger partial charge in [0.2, 0.25) is 5.95 Å². The van der Waals surface area contributed by atoms with Crippen LogP contribution in [0.4, 0.5) is 10.3 Å². The highest BCUT2D eigenvalue weighted by Gasteiger charge is 2.61. The van der Waals surface area contributed by atoms with Crippen molar-refractivity contribution in [2.24, 2.45) is 0 Å². The number of halogens is 2. The van der Waals surface area contributed by atoms with Gasteiger partial charge in [-0.05, 0) is 23.5 Å². The second kappa shape index (κ2) is 8.81. The van der Waals surface area contributed by atoms with Crippen LogP contribution >= 0.6 is 11.6 Å². The van der Waals surface area contributed by atoms with Crippen LogP contribution in [0.15, 0.2) is 6.33 Å². The van der Waals surface area contributed by atoms with Crippen molar-refractivity contribution in [1.82, 2.24) is 19.5 Å². The number of rotatable bonds is 4. The summed E-state index contributed by atoms with van der Waals surface area (Å²) in [5.41, 5.74) is 4.98. The van der Waals surface area contributed by atoms with E-state index < -0.39 is 41.9 Å². The molecule has 0 saturated carbocycles. The lowest BCUT2D eigenvalue weighted by Gasteiger charge is -2.44. The van der Waals surface area contributed by atoms with Crippen LogP contribution in [-0.2, 0) is 17.7 Å². The molecule has 2 aromatic heterocycles. The molecular formula is C20H32ClFN5O4Si2. The third-order valence-corrected chi connectivity index (χ3v) is 14.0. The Morgan fingerprint density at radius 2 is 1.91 bits per heavy atom. The molecular weight excluding hydrogens is 485 g/mol. The molecule has 0 aromatic carbocycles. The fraction of sp³-hybridized carbons (Fsp3) is 0.750. The van der Waals surface area contributed by atoms with E-state index in [4.69, 9.17) is 35.0 Å². The Morgan fingerprint density at radius 3 is 2.52 bits per heavy atom. The molecule has 2 aliphatic rings. The minimum atomic E-state index is -2.65. The lowest BCUT2D eigenvalue weighted by Crippen LogP contribution is -2.59. The van der Waals surface area contributed by atoms with E-state index in [0.29, 0.717) is 11.2 Å². The smallest absolute Gasteiger partial charge is 0.378 e. The molecule has 0 aliphatic carbocycles. The van der Waals surface area contributed by atoms with Crippen molar-refractivity contribution in [3.05, 3.63) is 11.5 Å². The van der Waals surface area contributed by atoms with Crippen molar-refractivity contribution in [2.75, 3.05) is 12.3 Å². The van der Waals surface area contributed by atoms with Crippen molar-refractivity contribution in [1.29, 1.82) is 0 Å². The monoisotopic (exact) mass is 516 g/mol. The predicted octanol–water partition coefficient (Wildman–Crippen LogP) is 4.28. The molecule has 2 N–H and O–H groups in total. The van der Waals surface area contributed by atoms with Crippen molar-refractivity contribution < 1.29 is 22.1 Å². The van der Waals surface area contributed by atoms with E-state index in [1.165, 1.54) is 17.8 Å². The molecule has 0 amide bonds. The minimum Gasteiger partial charge on any atom is -0.413 e. The van der Waals surface area contributed by atoms with Crippen LogP contribution in [0.5, 0.6) is 0 Å². The molecule has 2 fully saturated rings. The van der Waals surface area contributed by atoms with Gasteiger partial charge in [0.1, 0.15) is 17.7 Å². The molecule has 183 valence electrons. The van der Waals surface area contributed by atoms with E-state index in [-0.39, 0.29) is 34.3 Å². The Kier molecular flexibility index (Phi) is 6.66. The zero-order valence-electron chi connectivity index (χ0n) is 20.0. The van der Waals surface area contributed by atoms with E-state index in [1.807, 2.05) is 13.8 Å². The summed E-state index contributed by atoms with van der Waals surface area (Å²) >= 11 is 6.17. The number of imidazole rings is 1. The first-order chi connectivity index (χ1) is 15.4. The first-order valence-corrected chi connectivity index (χ1v) is 15.0. The normalized spacial score (nSPS) is 30.8. The van der Waals surface area contributed by atoms with Gasteiger partial charge >= 0.3 is 17.8 Å². The average Bonchev–Trinajstić information content (AvgIpc) is 3.19. The Labute approximate surface area is 201 Å². The highest BCUT2D eigenvalue weighted by molar-refractivity contribution is 6.76. The third-order valence-electron chi connectivity index (χ3n) is 6.39. The zero-order valence-corrected chi connectivity index (χ0v) is 22.8. The minimum absolute atomic E-state index is 0.0261. The van der Waals surface area contributed by atoms with E-state index in [0.717, 1.165) is 0 Å². The lowest BCUT2D eigenvalue weighted by molar-refractivity contribution is -0.0584. The van der Waals surface area contributed by atoms with Gasteiger partial charge in [-0.3, -0.25) is 4.57 Å². The maximum Gasteiger partial charge on any atom is 0.378 e. The van der Waals surface area contributed by atoms with Crippen LogP contribution in [-0.4, -0.2) is 61.8 Å². The predicted molar refractivity (Wildman–Crippen MR) is 127 cm³/mol. The van der Waals surface area contributed by atoms with Gasteiger partial charge in [-0.2, -0.15) is 9.97 Å². The molecule has 4 rings (SSSR count). The molecule has 2 aliphatic heterocycles. The van der Waals surface area contributed by atoms with Gasteiger partial charge in [-0.15, -0.1) is 0 Å². The number of hydrogen-bond donors (Lipinski definition) is 1. The van der Waals surface area contributed by atoms with Gasteiger partial charge < -0.3 is 23.4 Å². The number of hydrogen-bond acceptors (Lipinski definition) is 8. The number of fused-ring (bicyclic) bond motifs is 2. The van der Waals surface area contributed by atoms with Crippen molar-refractivity contribution in [3.8, 4) is 0 Å². The summed E-state index contributed by atoms with van der Waals surface area (Å²) in [6, 6.07) is 0. The lowest BCUT2D eigenvalue weighted by atomic mass is 9.98. The van der Waals surface area contributed by atoms with Crippen LogP contribution in [0.1, 0.15) is 54.7 Å². The fourth-order valence-corrected chi connectivity index (χ4v) is 12.7. The fourth-order valence-electron chi connectivity index (χ4n) is 4.64. The number of nitrogen functional groups attached to an aromatic ring is 1. The summed E-state index contributed by atoms with van der Waals surface area (Å²) in [5, 5.41) is 0.101. The van der Waals surface area contributed by atoms with Crippen LogP contribution in [0, 0.1) is 0 Å². The SMILES string of the molecule is CC(C)[Si]1O[C@@H]2[C@@H](CO[Si](C(C)C)(C(C)C)O1)O[C@@H](n1cnc3c(Cl)nc(N)nc31)[C@]2(C)F. The summed E-state index contributed by atoms with van der Waals surface area (Å²) in [6.45, 7) is 14.2. The molecule has 0 spiro atoms. The van der Waals surface area contributed by atoms with Gasteiger partial charge in [-0.25, -0.2) is 9.37 Å². The molecule has 2 aromatic rings. The van der Waals surface area contributed by atoms with Crippen molar-refractivity contribution >= 4 is 46.6 Å². The number of alkyl halides is 1. The second-order valence-corrected chi connectivity index (χ2v) is 17.1. The number of nitrogens with zero attached hydrogens (tertiary/aromatic N) is 4. The molecule has 9 nitrogen and oxygen atoms in total. The Balaban J connectivity index is 1.74. The van der Waals surface area contributed by atoms with E-state index in [2.05, 4.69) is 42.6 Å². The molecule has 1 radical (unpaired) electrons. The standard InChI is InChI=1S/C20H32ClFN5O4Si2/c1-10(2)32-30-15-13(8-28-33(31-32,11(3)4)12(5)6)29-18(20(15,7)22)27-9-24-14-16(21)25-19(23)26-17(14)27/h9-13,15,18H,8H2,1-7H3,(H2,23,25,26)/t13-,15-,18-,20-/m1/s1. The summed E-state index contributed by atoms with van der Waals surface area (Å²) in [4.78, 5) is 12.4. The Morgan fingerprint density at radius 1 is 1.24 bits per heavy atom. The van der Waals surface area contributed by atoms with Gasteiger partial charge in [0, 0.05) is 0 Å². The summed E-state index contributed by atoms with van der Waals surface area (Å²) < 4.78 is 43.9. The van der Waals surface area contributed by atoms with Gasteiger partial charge in [0.05, 0.1) is 12.9 Å². The molecule has 13 heteroatoms. The highest BCUT2D eigenvalue weighted by Crippen LogP contribution is 2.47. The maximum atomic E-state index is 16.5. The van der Waals surface area contributed by atoms with Crippen LogP contribution in [0.2, 0.25) is 21.8 Å². The maximum absolute atomic E-state index is 16.5. The molecule has 0 bridgehead atoms.